The highest BCUT2D eigenvalue weighted by Crippen LogP contribution is 2.27. The summed E-state index contributed by atoms with van der Waals surface area (Å²) in [6, 6.07) is 20.7. The van der Waals surface area contributed by atoms with Crippen molar-refractivity contribution in [2.24, 2.45) is 5.73 Å². The highest BCUT2D eigenvalue weighted by atomic mass is 32.2. The van der Waals surface area contributed by atoms with Crippen molar-refractivity contribution in [2.75, 3.05) is 11.3 Å². The minimum Gasteiger partial charge on any atom is -0.449 e. The molecule has 228 valence electrons. The molecule has 0 radical (unpaired) electrons. The fourth-order valence-corrected chi connectivity index (χ4v) is 5.53. The summed E-state index contributed by atoms with van der Waals surface area (Å²) in [5.41, 5.74) is 6.80. The van der Waals surface area contributed by atoms with Crippen LogP contribution in [0.2, 0.25) is 0 Å². The molecule has 0 unspecified atom stereocenters. The predicted molar refractivity (Wildman–Crippen MR) is 158 cm³/mol. The SMILES string of the molecule is CC(C)(CCn1ccc2cc(C(=N)N)ccc21)NC[C@H](OC(=O)C(F)(F)F)c1cccc(NS(=O)(=O)c2ccccc2)c1. The third-order valence-electron chi connectivity index (χ3n) is 6.87. The summed E-state index contributed by atoms with van der Waals surface area (Å²) in [6.07, 6.45) is -4.12. The number of sulfonamides is 1. The average Bonchev–Trinajstić information content (AvgIpc) is 3.36. The highest BCUT2D eigenvalue weighted by molar-refractivity contribution is 7.92. The van der Waals surface area contributed by atoms with Crippen LogP contribution in [0.5, 0.6) is 0 Å². The van der Waals surface area contributed by atoms with Crippen LogP contribution in [0.4, 0.5) is 18.9 Å². The summed E-state index contributed by atoms with van der Waals surface area (Å²) in [5.74, 6) is -2.38. The van der Waals surface area contributed by atoms with Gasteiger partial charge in [0.2, 0.25) is 0 Å². The summed E-state index contributed by atoms with van der Waals surface area (Å²) < 4.78 is 74.3. The number of carbonyl (C=O) groups is 1. The van der Waals surface area contributed by atoms with Gasteiger partial charge in [-0.1, -0.05) is 30.3 Å². The number of fused-ring (bicyclic) bond motifs is 1. The smallest absolute Gasteiger partial charge is 0.449 e. The number of ether oxygens (including phenoxy) is 1. The molecule has 3 aromatic carbocycles. The maximum atomic E-state index is 13.2. The first-order valence-corrected chi connectivity index (χ1v) is 14.8. The maximum absolute atomic E-state index is 13.2. The Labute approximate surface area is 247 Å². The number of aryl methyl sites for hydroxylation is 1. The first-order valence-electron chi connectivity index (χ1n) is 13.3. The molecule has 1 heterocycles. The normalized spacial score (nSPS) is 13.0. The molecular formula is C30H32F3N5O4S. The van der Waals surface area contributed by atoms with E-state index in [4.69, 9.17) is 15.9 Å². The van der Waals surface area contributed by atoms with Crippen molar-refractivity contribution in [1.82, 2.24) is 9.88 Å². The Kier molecular flexibility index (Phi) is 9.16. The molecule has 1 aromatic heterocycles. The van der Waals surface area contributed by atoms with E-state index >= 15 is 0 Å². The number of benzene rings is 3. The second-order valence-electron chi connectivity index (χ2n) is 10.6. The van der Waals surface area contributed by atoms with E-state index in [0.717, 1.165) is 10.9 Å². The number of anilines is 1. The van der Waals surface area contributed by atoms with Gasteiger partial charge in [-0.3, -0.25) is 10.1 Å². The fourth-order valence-electron chi connectivity index (χ4n) is 4.46. The van der Waals surface area contributed by atoms with Gasteiger partial charge in [0.25, 0.3) is 10.0 Å². The van der Waals surface area contributed by atoms with Gasteiger partial charge in [0.1, 0.15) is 11.9 Å². The zero-order chi connectivity index (χ0) is 31.4. The van der Waals surface area contributed by atoms with E-state index in [1.54, 1.807) is 24.3 Å². The molecule has 4 aromatic rings. The third kappa shape index (κ3) is 8.14. The molecule has 0 aliphatic carbocycles. The van der Waals surface area contributed by atoms with Gasteiger partial charge in [-0.05, 0) is 74.4 Å². The highest BCUT2D eigenvalue weighted by Gasteiger charge is 2.42. The van der Waals surface area contributed by atoms with Crippen LogP contribution in [0, 0.1) is 5.41 Å². The van der Waals surface area contributed by atoms with Crippen molar-refractivity contribution in [1.29, 1.82) is 5.41 Å². The summed E-state index contributed by atoms with van der Waals surface area (Å²) in [6.45, 7) is 4.14. The van der Waals surface area contributed by atoms with E-state index in [1.165, 1.54) is 36.4 Å². The molecule has 0 saturated carbocycles. The van der Waals surface area contributed by atoms with E-state index in [0.29, 0.717) is 18.5 Å². The van der Waals surface area contributed by atoms with Crippen LogP contribution in [0.1, 0.15) is 37.5 Å². The molecule has 43 heavy (non-hydrogen) atoms. The molecular weight excluding hydrogens is 583 g/mol. The molecule has 0 amide bonds. The average molecular weight is 616 g/mol. The van der Waals surface area contributed by atoms with E-state index in [2.05, 4.69) is 10.0 Å². The Bertz CT molecular complexity index is 1720. The number of nitrogens with zero attached hydrogens (tertiary/aromatic N) is 1. The van der Waals surface area contributed by atoms with E-state index in [9.17, 15) is 26.4 Å². The minimum atomic E-state index is -5.21. The van der Waals surface area contributed by atoms with Crippen LogP contribution in [0.15, 0.2) is 90.0 Å². The molecule has 13 heteroatoms. The number of nitrogens with two attached hydrogens (primary N) is 1. The minimum absolute atomic E-state index is 0.0126. The van der Waals surface area contributed by atoms with E-state index in [1.807, 2.05) is 42.8 Å². The monoisotopic (exact) mass is 615 g/mol. The lowest BCUT2D eigenvalue weighted by atomic mass is 9.99. The lowest BCUT2D eigenvalue weighted by molar-refractivity contribution is -0.205. The quantitative estimate of drug-likeness (QED) is 0.0965. The number of aromatic nitrogens is 1. The molecule has 0 aliphatic rings. The van der Waals surface area contributed by atoms with Gasteiger partial charge in [-0.25, -0.2) is 13.2 Å². The Morgan fingerprint density at radius 3 is 2.42 bits per heavy atom. The zero-order valence-electron chi connectivity index (χ0n) is 23.5. The lowest BCUT2D eigenvalue weighted by Crippen LogP contribution is -2.43. The second-order valence-corrected chi connectivity index (χ2v) is 12.3. The maximum Gasteiger partial charge on any atom is 0.490 e. The Hall–Kier alpha value is -4.36. The number of rotatable bonds is 12. The summed E-state index contributed by atoms with van der Waals surface area (Å²) in [4.78, 5) is 11.8. The van der Waals surface area contributed by atoms with Crippen molar-refractivity contribution in [3.05, 3.63) is 96.2 Å². The third-order valence-corrected chi connectivity index (χ3v) is 8.27. The molecule has 1 atom stereocenters. The topological polar surface area (TPSA) is 139 Å². The van der Waals surface area contributed by atoms with Gasteiger partial charge < -0.3 is 20.4 Å². The van der Waals surface area contributed by atoms with Crippen molar-refractivity contribution in [3.8, 4) is 0 Å². The Balaban J connectivity index is 1.49. The predicted octanol–water partition coefficient (Wildman–Crippen LogP) is 5.33. The molecule has 9 nitrogen and oxygen atoms in total. The summed E-state index contributed by atoms with van der Waals surface area (Å²) >= 11 is 0. The summed E-state index contributed by atoms with van der Waals surface area (Å²) in [7, 11) is -3.96. The first kappa shape index (κ1) is 31.6. The van der Waals surface area contributed by atoms with Crippen LogP contribution < -0.4 is 15.8 Å². The van der Waals surface area contributed by atoms with Crippen LogP contribution in [0.3, 0.4) is 0 Å². The van der Waals surface area contributed by atoms with Gasteiger partial charge in [0, 0.05) is 47.0 Å². The number of hydrogen-bond donors (Lipinski definition) is 4. The molecule has 0 fully saturated rings. The van der Waals surface area contributed by atoms with Gasteiger partial charge in [-0.15, -0.1) is 0 Å². The fraction of sp³-hybridized carbons (Fsp3) is 0.267. The zero-order valence-corrected chi connectivity index (χ0v) is 24.3. The standard InChI is InChI=1S/C30H32F3N5O4S/c1-29(2,14-16-38-15-13-20-17-22(27(34)35)11-12-25(20)38)36-19-26(42-28(39)30(31,32)33)21-7-6-8-23(18-21)37-43(40,41)24-9-4-3-5-10-24/h3-13,15,17-18,26,36-37H,14,16,19H2,1-2H3,(H3,34,35)/t26-/m0/s1. The molecule has 0 saturated heterocycles. The van der Waals surface area contributed by atoms with Crippen molar-refractivity contribution in [3.63, 3.8) is 0 Å². The number of nitrogens with one attached hydrogen (secondary N) is 3. The van der Waals surface area contributed by atoms with Crippen molar-refractivity contribution < 1.29 is 31.1 Å². The number of amidine groups is 1. The van der Waals surface area contributed by atoms with Crippen molar-refractivity contribution >= 4 is 38.4 Å². The van der Waals surface area contributed by atoms with Crippen LogP contribution in [0.25, 0.3) is 10.9 Å². The second kappa shape index (κ2) is 12.5. The Morgan fingerprint density at radius 1 is 1.02 bits per heavy atom. The number of alkyl halides is 3. The van der Waals surface area contributed by atoms with Gasteiger partial charge in [0.05, 0.1) is 4.90 Å². The Morgan fingerprint density at radius 2 is 1.74 bits per heavy atom. The first-order chi connectivity index (χ1) is 20.1. The van der Waals surface area contributed by atoms with Crippen LogP contribution in [-0.4, -0.2) is 43.0 Å². The molecule has 4 rings (SSSR count). The molecule has 0 bridgehead atoms. The number of esters is 1. The van der Waals surface area contributed by atoms with Gasteiger partial charge in [0.15, 0.2) is 0 Å². The lowest BCUT2D eigenvalue weighted by Gasteiger charge is -2.30. The summed E-state index contributed by atoms with van der Waals surface area (Å²) in [5, 5.41) is 11.7. The number of halogens is 3. The largest absolute Gasteiger partial charge is 0.490 e. The van der Waals surface area contributed by atoms with E-state index in [-0.39, 0.29) is 28.5 Å². The van der Waals surface area contributed by atoms with Crippen molar-refractivity contribution in [2.45, 2.75) is 49.5 Å². The molecule has 5 N–H and O–H groups in total. The van der Waals surface area contributed by atoms with Gasteiger partial charge >= 0.3 is 12.1 Å². The molecule has 0 aliphatic heterocycles. The van der Waals surface area contributed by atoms with E-state index < -0.39 is 33.8 Å². The number of nitrogen functional groups attached to an aromatic ring is 1. The number of hydrogen-bond acceptors (Lipinski definition) is 6. The van der Waals surface area contributed by atoms with Crippen LogP contribution >= 0.6 is 0 Å². The van der Waals surface area contributed by atoms with Crippen LogP contribution in [-0.2, 0) is 26.1 Å². The van der Waals surface area contributed by atoms with Gasteiger partial charge in [-0.2, -0.15) is 13.2 Å². The molecule has 0 spiro atoms. The number of carbonyl (C=O) groups excluding carboxylic acids is 1.